The standard InChI is InChI=1S/C18H15FN2O2/c19-16-9-5-4-6-13(16)10-11-20-18(22)15-12-21-23-17(15)14-7-2-1-3-8-14/h1-9,12H,10-11H2,(H,20,22). The van der Waals surface area contributed by atoms with Crippen molar-refractivity contribution in [1.82, 2.24) is 10.5 Å². The first kappa shape index (κ1) is 15.0. The quantitative estimate of drug-likeness (QED) is 0.785. The molecule has 116 valence electrons. The number of benzene rings is 2. The summed E-state index contributed by atoms with van der Waals surface area (Å²) < 4.78 is 18.7. The first-order valence-corrected chi connectivity index (χ1v) is 7.27. The molecule has 5 heteroatoms. The maximum Gasteiger partial charge on any atom is 0.256 e. The molecule has 3 aromatic rings. The number of nitrogens with one attached hydrogen (secondary N) is 1. The molecule has 1 heterocycles. The maximum atomic E-state index is 13.5. The Bertz CT molecular complexity index is 800. The van der Waals surface area contributed by atoms with Crippen LogP contribution in [0.1, 0.15) is 15.9 Å². The van der Waals surface area contributed by atoms with Gasteiger partial charge >= 0.3 is 0 Å². The lowest BCUT2D eigenvalue weighted by Crippen LogP contribution is -2.26. The Balaban J connectivity index is 1.66. The summed E-state index contributed by atoms with van der Waals surface area (Å²) in [5.74, 6) is -0.132. The molecule has 0 bridgehead atoms. The number of aromatic nitrogens is 1. The fourth-order valence-electron chi connectivity index (χ4n) is 2.31. The van der Waals surface area contributed by atoms with Crippen LogP contribution >= 0.6 is 0 Å². The van der Waals surface area contributed by atoms with Crippen LogP contribution in [0.3, 0.4) is 0 Å². The van der Waals surface area contributed by atoms with E-state index in [1.807, 2.05) is 30.3 Å². The predicted molar refractivity (Wildman–Crippen MR) is 84.4 cm³/mol. The molecule has 1 aromatic heterocycles. The Hall–Kier alpha value is -2.95. The van der Waals surface area contributed by atoms with E-state index in [1.165, 1.54) is 12.3 Å². The van der Waals surface area contributed by atoms with E-state index >= 15 is 0 Å². The zero-order chi connectivity index (χ0) is 16.1. The second-order valence-corrected chi connectivity index (χ2v) is 5.03. The normalized spacial score (nSPS) is 10.5. The van der Waals surface area contributed by atoms with Gasteiger partial charge in [-0.3, -0.25) is 4.79 Å². The molecule has 0 atom stereocenters. The van der Waals surface area contributed by atoms with E-state index in [1.54, 1.807) is 18.2 Å². The van der Waals surface area contributed by atoms with Gasteiger partial charge in [0.05, 0.1) is 6.20 Å². The van der Waals surface area contributed by atoms with Crippen molar-refractivity contribution in [3.05, 3.63) is 77.7 Å². The summed E-state index contributed by atoms with van der Waals surface area (Å²) in [4.78, 5) is 12.3. The summed E-state index contributed by atoms with van der Waals surface area (Å²) in [5, 5.41) is 6.47. The summed E-state index contributed by atoms with van der Waals surface area (Å²) in [6.45, 7) is 0.333. The Morgan fingerprint density at radius 2 is 1.83 bits per heavy atom. The van der Waals surface area contributed by atoms with Gasteiger partial charge < -0.3 is 9.84 Å². The van der Waals surface area contributed by atoms with Crippen LogP contribution in [0.15, 0.2) is 65.3 Å². The maximum absolute atomic E-state index is 13.5. The van der Waals surface area contributed by atoms with Crippen LogP contribution in [0.2, 0.25) is 0 Å². The van der Waals surface area contributed by atoms with E-state index < -0.39 is 0 Å². The molecule has 1 amide bonds. The average molecular weight is 310 g/mol. The zero-order valence-electron chi connectivity index (χ0n) is 12.3. The molecule has 0 aliphatic heterocycles. The lowest BCUT2D eigenvalue weighted by atomic mass is 10.1. The highest BCUT2D eigenvalue weighted by Gasteiger charge is 2.17. The highest BCUT2D eigenvalue weighted by Crippen LogP contribution is 2.22. The van der Waals surface area contributed by atoms with E-state index in [0.29, 0.717) is 29.9 Å². The molecule has 0 fully saturated rings. The van der Waals surface area contributed by atoms with Crippen molar-refractivity contribution in [2.75, 3.05) is 6.54 Å². The average Bonchev–Trinajstić information content (AvgIpc) is 3.07. The SMILES string of the molecule is O=C(NCCc1ccccc1F)c1cnoc1-c1ccccc1. The van der Waals surface area contributed by atoms with Crippen molar-refractivity contribution in [3.63, 3.8) is 0 Å². The number of halogens is 1. The van der Waals surface area contributed by atoms with Crippen LogP contribution in [0.4, 0.5) is 4.39 Å². The van der Waals surface area contributed by atoms with Crippen molar-refractivity contribution in [1.29, 1.82) is 0 Å². The van der Waals surface area contributed by atoms with Gasteiger partial charge in [0.25, 0.3) is 5.91 Å². The van der Waals surface area contributed by atoms with E-state index in [-0.39, 0.29) is 11.7 Å². The molecule has 0 spiro atoms. The number of hydrogen-bond donors (Lipinski definition) is 1. The summed E-state index contributed by atoms with van der Waals surface area (Å²) in [6.07, 6.45) is 1.81. The van der Waals surface area contributed by atoms with Gasteiger partial charge in [0.15, 0.2) is 5.76 Å². The van der Waals surface area contributed by atoms with Crippen molar-refractivity contribution >= 4 is 5.91 Å². The number of carbonyl (C=O) groups is 1. The topological polar surface area (TPSA) is 55.1 Å². The van der Waals surface area contributed by atoms with Gasteiger partial charge in [-0.05, 0) is 18.1 Å². The molecule has 0 saturated carbocycles. The first-order valence-electron chi connectivity index (χ1n) is 7.27. The molecular formula is C18H15FN2O2. The summed E-state index contributed by atoms with van der Waals surface area (Å²) in [6, 6.07) is 15.8. The molecule has 23 heavy (non-hydrogen) atoms. The first-order chi connectivity index (χ1) is 11.3. The van der Waals surface area contributed by atoms with Crippen LogP contribution in [-0.2, 0) is 6.42 Å². The minimum absolute atomic E-state index is 0.267. The summed E-state index contributed by atoms with van der Waals surface area (Å²) in [5.41, 5.74) is 1.72. The number of rotatable bonds is 5. The van der Waals surface area contributed by atoms with E-state index in [0.717, 1.165) is 5.56 Å². The molecule has 0 radical (unpaired) electrons. The number of carbonyl (C=O) groups excluding carboxylic acids is 1. The van der Waals surface area contributed by atoms with Crippen LogP contribution < -0.4 is 5.32 Å². The highest BCUT2D eigenvalue weighted by molar-refractivity contribution is 5.99. The summed E-state index contributed by atoms with van der Waals surface area (Å²) >= 11 is 0. The summed E-state index contributed by atoms with van der Waals surface area (Å²) in [7, 11) is 0. The fourth-order valence-corrected chi connectivity index (χ4v) is 2.31. The Kier molecular flexibility index (Phi) is 4.47. The molecule has 0 aliphatic carbocycles. The number of amides is 1. The third kappa shape index (κ3) is 3.45. The molecular weight excluding hydrogens is 295 g/mol. The second-order valence-electron chi connectivity index (χ2n) is 5.03. The van der Waals surface area contributed by atoms with Crippen LogP contribution in [0.5, 0.6) is 0 Å². The minimum Gasteiger partial charge on any atom is -0.355 e. The molecule has 2 aromatic carbocycles. The van der Waals surface area contributed by atoms with E-state index in [2.05, 4.69) is 10.5 Å². The van der Waals surface area contributed by atoms with Gasteiger partial charge in [-0.2, -0.15) is 0 Å². The predicted octanol–water partition coefficient (Wildman–Crippen LogP) is 3.45. The van der Waals surface area contributed by atoms with Gasteiger partial charge in [0, 0.05) is 12.1 Å². The monoisotopic (exact) mass is 310 g/mol. The van der Waals surface area contributed by atoms with Crippen LogP contribution in [-0.4, -0.2) is 17.6 Å². The second kappa shape index (κ2) is 6.87. The van der Waals surface area contributed by atoms with E-state index in [9.17, 15) is 9.18 Å². The Morgan fingerprint density at radius 3 is 2.61 bits per heavy atom. The third-order valence-electron chi connectivity index (χ3n) is 3.49. The Labute approximate surface area is 132 Å². The van der Waals surface area contributed by atoms with E-state index in [4.69, 9.17) is 4.52 Å². The third-order valence-corrected chi connectivity index (χ3v) is 3.49. The van der Waals surface area contributed by atoms with Crippen molar-refractivity contribution < 1.29 is 13.7 Å². The van der Waals surface area contributed by atoms with Crippen LogP contribution in [0, 0.1) is 5.82 Å². The minimum atomic E-state index is -0.290. The molecule has 1 N–H and O–H groups in total. The van der Waals surface area contributed by atoms with Gasteiger partial charge in [-0.1, -0.05) is 53.7 Å². The molecule has 0 saturated heterocycles. The molecule has 3 rings (SSSR count). The zero-order valence-corrected chi connectivity index (χ0v) is 12.3. The largest absolute Gasteiger partial charge is 0.355 e. The van der Waals surface area contributed by atoms with Crippen molar-refractivity contribution in [2.24, 2.45) is 0 Å². The highest BCUT2D eigenvalue weighted by atomic mass is 19.1. The number of hydrogen-bond acceptors (Lipinski definition) is 3. The lowest BCUT2D eigenvalue weighted by Gasteiger charge is -2.06. The van der Waals surface area contributed by atoms with Crippen molar-refractivity contribution in [3.8, 4) is 11.3 Å². The van der Waals surface area contributed by atoms with Crippen molar-refractivity contribution in [2.45, 2.75) is 6.42 Å². The van der Waals surface area contributed by atoms with Gasteiger partial charge in [-0.15, -0.1) is 0 Å². The van der Waals surface area contributed by atoms with Gasteiger partial charge in [0.2, 0.25) is 0 Å². The molecule has 4 nitrogen and oxygen atoms in total. The molecule has 0 unspecified atom stereocenters. The fraction of sp³-hybridized carbons (Fsp3) is 0.111. The Morgan fingerprint density at radius 1 is 1.09 bits per heavy atom. The van der Waals surface area contributed by atoms with Gasteiger partial charge in [0.1, 0.15) is 11.4 Å². The van der Waals surface area contributed by atoms with Gasteiger partial charge in [-0.25, -0.2) is 4.39 Å². The molecule has 0 aliphatic rings. The lowest BCUT2D eigenvalue weighted by molar-refractivity contribution is 0.0954. The number of nitrogens with zero attached hydrogens (tertiary/aromatic N) is 1. The smallest absolute Gasteiger partial charge is 0.256 e. The van der Waals surface area contributed by atoms with Crippen LogP contribution in [0.25, 0.3) is 11.3 Å².